The fourth-order valence-corrected chi connectivity index (χ4v) is 3.01. The zero-order valence-corrected chi connectivity index (χ0v) is 14.4. The van der Waals surface area contributed by atoms with Gasteiger partial charge in [-0.05, 0) is 0 Å². The van der Waals surface area contributed by atoms with Gasteiger partial charge in [-0.3, -0.25) is 40.5 Å². The number of nitrogens with zero attached hydrogens (tertiary/aromatic N) is 4. The molecule has 1 heterocycles. The Morgan fingerprint density at radius 2 is 1.03 bits per heavy atom. The van der Waals surface area contributed by atoms with Gasteiger partial charge < -0.3 is 13.9 Å². The molecule has 0 fully saturated rings. The molecule has 15 heteroatoms. The lowest BCUT2D eigenvalue weighted by atomic mass is 10.1. The van der Waals surface area contributed by atoms with Gasteiger partial charge in [0.1, 0.15) is 21.9 Å². The summed E-state index contributed by atoms with van der Waals surface area (Å²) in [6, 6.07) is 1.56. The van der Waals surface area contributed by atoms with Gasteiger partial charge in [0.25, 0.3) is 11.5 Å². The van der Waals surface area contributed by atoms with Crippen molar-refractivity contribution in [2.75, 3.05) is 14.2 Å². The zero-order valence-electron chi connectivity index (χ0n) is 14.4. The summed E-state index contributed by atoms with van der Waals surface area (Å²) in [5.74, 6) is -1.52. The van der Waals surface area contributed by atoms with Crippen molar-refractivity contribution < 1.29 is 33.6 Å². The van der Waals surface area contributed by atoms with E-state index < -0.39 is 75.9 Å². The maximum Gasteiger partial charge on any atom is 0.330 e. The molecule has 0 bridgehead atoms. The van der Waals surface area contributed by atoms with Crippen molar-refractivity contribution in [1.82, 2.24) is 0 Å². The van der Waals surface area contributed by atoms with E-state index in [1.807, 2.05) is 0 Å². The van der Waals surface area contributed by atoms with Crippen LogP contribution in [0.4, 0.5) is 22.7 Å². The summed E-state index contributed by atoms with van der Waals surface area (Å²) in [7, 11) is 1.90. The predicted molar refractivity (Wildman–Crippen MR) is 93.4 cm³/mol. The highest BCUT2D eigenvalue weighted by Gasteiger charge is 2.39. The fraction of sp³-hybridized carbons (Fsp3) is 0.143. The van der Waals surface area contributed by atoms with Gasteiger partial charge in [0, 0.05) is 0 Å². The summed E-state index contributed by atoms with van der Waals surface area (Å²) in [6.07, 6.45) is 0. The molecule has 0 atom stereocenters. The van der Waals surface area contributed by atoms with Gasteiger partial charge in [0.2, 0.25) is 0 Å². The largest absolute Gasteiger partial charge is 0.485 e. The molecule has 3 aromatic rings. The Hall–Kier alpha value is -4.56. The van der Waals surface area contributed by atoms with Crippen LogP contribution in [-0.4, -0.2) is 33.9 Å². The first-order valence-electron chi connectivity index (χ1n) is 7.39. The number of benzene rings is 2. The molecule has 0 amide bonds. The number of rotatable bonds is 6. The second kappa shape index (κ2) is 6.55. The monoisotopic (exact) mass is 408 g/mol. The van der Waals surface area contributed by atoms with Crippen molar-refractivity contribution in [2.45, 2.75) is 0 Å². The zero-order chi connectivity index (χ0) is 21.6. The van der Waals surface area contributed by atoms with E-state index in [0.717, 1.165) is 26.4 Å². The van der Waals surface area contributed by atoms with Crippen molar-refractivity contribution in [3.05, 3.63) is 52.6 Å². The van der Waals surface area contributed by atoms with Crippen LogP contribution >= 0.6 is 0 Å². The molecule has 150 valence electrons. The van der Waals surface area contributed by atoms with Crippen molar-refractivity contribution in [2.24, 2.45) is 0 Å². The van der Waals surface area contributed by atoms with Crippen molar-refractivity contribution in [3.63, 3.8) is 0 Å². The number of nitro benzene ring substituents is 4. The van der Waals surface area contributed by atoms with Crippen molar-refractivity contribution in [3.8, 4) is 11.5 Å². The minimum atomic E-state index is -1.03. The molecule has 0 radical (unpaired) electrons. The summed E-state index contributed by atoms with van der Waals surface area (Å²) < 4.78 is 14.9. The van der Waals surface area contributed by atoms with E-state index in [9.17, 15) is 40.5 Å². The third-order valence-corrected chi connectivity index (χ3v) is 4.03. The van der Waals surface area contributed by atoms with Crippen LogP contribution in [0.3, 0.4) is 0 Å². The Balaban J connectivity index is 2.72. The first kappa shape index (κ1) is 19.2. The molecule has 0 aliphatic heterocycles. The van der Waals surface area contributed by atoms with Gasteiger partial charge in [0.15, 0.2) is 0 Å². The normalized spacial score (nSPS) is 10.8. The smallest absolute Gasteiger partial charge is 0.330 e. The van der Waals surface area contributed by atoms with E-state index in [4.69, 9.17) is 13.9 Å². The average molecular weight is 408 g/mol. The van der Waals surface area contributed by atoms with Crippen LogP contribution in [0.5, 0.6) is 11.5 Å². The van der Waals surface area contributed by atoms with Gasteiger partial charge in [-0.25, -0.2) is 0 Å². The SMILES string of the molecule is COc1c([N+](=O)[O-])cc2oc3cc([N+](=O)[O-])c(OC)c([N+](=O)[O-])c3c2c1[N+](=O)[O-]. The number of hydrogen-bond donors (Lipinski definition) is 0. The van der Waals surface area contributed by atoms with Gasteiger partial charge in [-0.15, -0.1) is 0 Å². The minimum absolute atomic E-state index is 0.468. The number of methoxy groups -OCH3 is 2. The molecule has 15 nitrogen and oxygen atoms in total. The van der Waals surface area contributed by atoms with Gasteiger partial charge in [0.05, 0.1) is 46.0 Å². The second-order valence-corrected chi connectivity index (χ2v) is 5.43. The van der Waals surface area contributed by atoms with Crippen LogP contribution < -0.4 is 9.47 Å². The molecule has 0 N–H and O–H groups in total. The van der Waals surface area contributed by atoms with Crippen LogP contribution in [0, 0.1) is 40.5 Å². The summed E-state index contributed by atoms with van der Waals surface area (Å²) in [4.78, 5) is 41.9. The topological polar surface area (TPSA) is 204 Å². The number of fused-ring (bicyclic) bond motifs is 3. The van der Waals surface area contributed by atoms with Crippen LogP contribution in [0.25, 0.3) is 21.9 Å². The van der Waals surface area contributed by atoms with E-state index in [0.29, 0.717) is 0 Å². The Morgan fingerprint density at radius 1 is 0.690 bits per heavy atom. The molecule has 0 unspecified atom stereocenters. The highest BCUT2D eigenvalue weighted by Crippen LogP contribution is 2.52. The number of furan rings is 1. The van der Waals surface area contributed by atoms with Crippen LogP contribution in [0.1, 0.15) is 0 Å². The van der Waals surface area contributed by atoms with E-state index in [1.165, 1.54) is 0 Å². The number of nitro groups is 4. The van der Waals surface area contributed by atoms with Crippen molar-refractivity contribution >= 4 is 44.7 Å². The molecule has 3 rings (SSSR count). The Kier molecular flexibility index (Phi) is 4.34. The lowest BCUT2D eigenvalue weighted by Crippen LogP contribution is -2.01. The van der Waals surface area contributed by atoms with Crippen LogP contribution in [0.2, 0.25) is 0 Å². The highest BCUT2D eigenvalue weighted by molar-refractivity contribution is 6.17. The third-order valence-electron chi connectivity index (χ3n) is 4.03. The molecule has 0 saturated carbocycles. The van der Waals surface area contributed by atoms with E-state index in [1.54, 1.807) is 0 Å². The summed E-state index contributed by atoms with van der Waals surface area (Å²) in [5, 5.41) is 44.9. The van der Waals surface area contributed by atoms with E-state index in [2.05, 4.69) is 0 Å². The van der Waals surface area contributed by atoms with Gasteiger partial charge in [-0.1, -0.05) is 0 Å². The molecule has 0 saturated heterocycles. The molecule has 1 aromatic heterocycles. The molecule has 0 aliphatic rings. The Bertz CT molecular complexity index is 1150. The minimum Gasteiger partial charge on any atom is -0.485 e. The molecular formula is C14H8N4O11. The number of hydrogen-bond acceptors (Lipinski definition) is 11. The lowest BCUT2D eigenvalue weighted by Gasteiger charge is -2.05. The molecule has 0 spiro atoms. The number of ether oxygens (including phenoxy) is 2. The molecule has 2 aromatic carbocycles. The van der Waals surface area contributed by atoms with E-state index >= 15 is 0 Å². The Morgan fingerprint density at radius 3 is 1.28 bits per heavy atom. The Labute approximate surface area is 157 Å². The summed E-state index contributed by atoms with van der Waals surface area (Å²) in [5.41, 5.74) is -4.51. The van der Waals surface area contributed by atoms with Crippen LogP contribution in [0.15, 0.2) is 16.5 Å². The van der Waals surface area contributed by atoms with Crippen molar-refractivity contribution in [1.29, 1.82) is 0 Å². The summed E-state index contributed by atoms with van der Waals surface area (Å²) >= 11 is 0. The first-order chi connectivity index (χ1) is 13.6. The van der Waals surface area contributed by atoms with Gasteiger partial charge >= 0.3 is 22.7 Å². The third kappa shape index (κ3) is 2.68. The second-order valence-electron chi connectivity index (χ2n) is 5.43. The standard InChI is InChI=1S/C14H8N4O11/c1-27-13-5(15(19)20)3-7-9(11(13)17(23)24)10-8(29-7)4-6(16(21)22)14(28-2)12(10)18(25)26/h3-4H,1-2H3. The molecule has 29 heavy (non-hydrogen) atoms. The maximum absolute atomic E-state index is 11.7. The maximum atomic E-state index is 11.7. The fourth-order valence-electron chi connectivity index (χ4n) is 3.01. The van der Waals surface area contributed by atoms with Gasteiger partial charge in [-0.2, -0.15) is 0 Å². The van der Waals surface area contributed by atoms with Crippen LogP contribution in [-0.2, 0) is 0 Å². The highest BCUT2D eigenvalue weighted by atomic mass is 16.6. The first-order valence-corrected chi connectivity index (χ1v) is 7.39. The van der Waals surface area contributed by atoms with E-state index in [-0.39, 0.29) is 0 Å². The lowest BCUT2D eigenvalue weighted by molar-refractivity contribution is -0.395. The average Bonchev–Trinajstić information content (AvgIpc) is 3.01. The quantitative estimate of drug-likeness (QED) is 0.427. The summed E-state index contributed by atoms with van der Waals surface area (Å²) in [6.45, 7) is 0. The molecular weight excluding hydrogens is 400 g/mol. The molecule has 0 aliphatic carbocycles. The predicted octanol–water partition coefficient (Wildman–Crippen LogP) is 3.24.